The van der Waals surface area contributed by atoms with Gasteiger partial charge in [-0.15, -0.1) is 0 Å². The average Bonchev–Trinajstić information content (AvgIpc) is 2.56. The lowest BCUT2D eigenvalue weighted by atomic mass is 10.0. The smallest absolute Gasteiger partial charge is 0.319 e. The number of hydrogen-bond donors (Lipinski definition) is 3. The number of nitrogens with one attached hydrogen (secondary N) is 2. The Bertz CT molecular complexity index is 572. The SMILES string of the molecule is O=C(NCCCN1CCCC[C@@H]1CO)Nc1cc(F)cc(F)c1F. The van der Waals surface area contributed by atoms with Crippen LogP contribution in [0.15, 0.2) is 12.1 Å². The van der Waals surface area contributed by atoms with E-state index in [0.717, 1.165) is 38.4 Å². The van der Waals surface area contributed by atoms with Crippen LogP contribution in [0.25, 0.3) is 0 Å². The quantitative estimate of drug-likeness (QED) is 0.548. The molecule has 0 aromatic heterocycles. The molecule has 1 aromatic carbocycles. The van der Waals surface area contributed by atoms with Crippen molar-refractivity contribution in [1.82, 2.24) is 10.2 Å². The molecule has 0 saturated carbocycles. The summed E-state index contributed by atoms with van der Waals surface area (Å²) in [4.78, 5) is 13.9. The number of likely N-dealkylation sites (tertiary alicyclic amines) is 1. The highest BCUT2D eigenvalue weighted by Crippen LogP contribution is 2.19. The Morgan fingerprint density at radius 1 is 1.29 bits per heavy atom. The van der Waals surface area contributed by atoms with Crippen LogP contribution in [0.5, 0.6) is 0 Å². The number of halogens is 3. The lowest BCUT2D eigenvalue weighted by Gasteiger charge is -2.34. The van der Waals surface area contributed by atoms with Gasteiger partial charge in [0.2, 0.25) is 0 Å². The minimum atomic E-state index is -1.36. The van der Waals surface area contributed by atoms with Crippen LogP contribution in [0.4, 0.5) is 23.7 Å². The molecule has 1 fully saturated rings. The Labute approximate surface area is 138 Å². The minimum Gasteiger partial charge on any atom is -0.395 e. The fraction of sp³-hybridized carbons (Fsp3) is 0.562. The monoisotopic (exact) mass is 345 g/mol. The second-order valence-electron chi connectivity index (χ2n) is 5.85. The molecule has 1 heterocycles. The van der Waals surface area contributed by atoms with Crippen LogP contribution < -0.4 is 10.6 Å². The summed E-state index contributed by atoms with van der Waals surface area (Å²) in [6, 6.07) is 0.569. The van der Waals surface area contributed by atoms with Crippen molar-refractivity contribution in [2.24, 2.45) is 0 Å². The fourth-order valence-electron chi connectivity index (χ4n) is 2.86. The number of nitrogens with zero attached hydrogens (tertiary/aromatic N) is 1. The van der Waals surface area contributed by atoms with Crippen molar-refractivity contribution in [1.29, 1.82) is 0 Å². The topological polar surface area (TPSA) is 64.6 Å². The lowest BCUT2D eigenvalue weighted by Crippen LogP contribution is -2.43. The maximum Gasteiger partial charge on any atom is 0.319 e. The van der Waals surface area contributed by atoms with Crippen molar-refractivity contribution >= 4 is 11.7 Å². The lowest BCUT2D eigenvalue weighted by molar-refractivity contribution is 0.0894. The summed E-state index contributed by atoms with van der Waals surface area (Å²) in [6.45, 7) is 2.11. The van der Waals surface area contributed by atoms with Gasteiger partial charge in [-0.25, -0.2) is 18.0 Å². The molecule has 2 rings (SSSR count). The molecule has 8 heteroatoms. The highest BCUT2D eigenvalue weighted by molar-refractivity contribution is 5.89. The van der Waals surface area contributed by atoms with Gasteiger partial charge in [-0.2, -0.15) is 0 Å². The number of urea groups is 1. The molecule has 0 bridgehead atoms. The zero-order valence-corrected chi connectivity index (χ0v) is 13.3. The van der Waals surface area contributed by atoms with E-state index in [1.54, 1.807) is 0 Å². The summed E-state index contributed by atoms with van der Waals surface area (Å²) in [6.07, 6.45) is 3.83. The van der Waals surface area contributed by atoms with Crippen LogP contribution in [0.2, 0.25) is 0 Å². The van der Waals surface area contributed by atoms with Crippen LogP contribution >= 0.6 is 0 Å². The molecule has 0 radical (unpaired) electrons. The second kappa shape index (κ2) is 8.89. The van der Waals surface area contributed by atoms with Crippen molar-refractivity contribution in [3.63, 3.8) is 0 Å². The summed E-state index contributed by atoms with van der Waals surface area (Å²) in [5, 5.41) is 13.9. The summed E-state index contributed by atoms with van der Waals surface area (Å²) < 4.78 is 39.5. The molecule has 2 amide bonds. The Morgan fingerprint density at radius 3 is 2.83 bits per heavy atom. The van der Waals surface area contributed by atoms with Crippen molar-refractivity contribution in [3.8, 4) is 0 Å². The van der Waals surface area contributed by atoms with Crippen LogP contribution in [0, 0.1) is 17.5 Å². The second-order valence-corrected chi connectivity index (χ2v) is 5.85. The van der Waals surface area contributed by atoms with Crippen LogP contribution in [0.1, 0.15) is 25.7 Å². The number of carbonyl (C=O) groups excluding carboxylic acids is 1. The van der Waals surface area contributed by atoms with Gasteiger partial charge in [-0.05, 0) is 25.8 Å². The Kier molecular flexibility index (Phi) is 6.86. The predicted octanol–water partition coefficient (Wildman–Crippen LogP) is 2.46. The number of aliphatic hydroxyl groups is 1. The van der Waals surface area contributed by atoms with Gasteiger partial charge in [-0.3, -0.25) is 4.90 Å². The van der Waals surface area contributed by atoms with E-state index >= 15 is 0 Å². The normalized spacial score (nSPS) is 18.4. The third-order valence-corrected chi connectivity index (χ3v) is 4.11. The zero-order chi connectivity index (χ0) is 17.5. The summed E-state index contributed by atoms with van der Waals surface area (Å²) >= 11 is 0. The molecule has 1 saturated heterocycles. The van der Waals surface area contributed by atoms with Crippen LogP contribution in [0.3, 0.4) is 0 Å². The maximum absolute atomic E-state index is 13.4. The summed E-state index contributed by atoms with van der Waals surface area (Å²) in [5.41, 5.74) is -0.540. The Morgan fingerprint density at radius 2 is 2.08 bits per heavy atom. The molecule has 0 spiro atoms. The number of benzene rings is 1. The molecule has 3 N–H and O–H groups in total. The molecule has 1 aliphatic rings. The highest BCUT2D eigenvalue weighted by Gasteiger charge is 2.20. The number of hydrogen-bond acceptors (Lipinski definition) is 3. The first-order chi connectivity index (χ1) is 11.5. The molecular formula is C16H22F3N3O2. The minimum absolute atomic E-state index is 0.123. The van der Waals surface area contributed by atoms with E-state index < -0.39 is 29.2 Å². The van der Waals surface area contributed by atoms with E-state index in [-0.39, 0.29) is 12.6 Å². The largest absolute Gasteiger partial charge is 0.395 e. The molecule has 24 heavy (non-hydrogen) atoms. The van der Waals surface area contributed by atoms with E-state index in [1.165, 1.54) is 0 Å². The summed E-state index contributed by atoms with van der Waals surface area (Å²) in [5.74, 6) is -3.62. The third kappa shape index (κ3) is 5.10. The average molecular weight is 345 g/mol. The number of piperidine rings is 1. The maximum atomic E-state index is 13.4. The van der Waals surface area contributed by atoms with E-state index in [0.29, 0.717) is 19.0 Å². The highest BCUT2D eigenvalue weighted by atomic mass is 19.2. The first-order valence-electron chi connectivity index (χ1n) is 8.05. The first-order valence-corrected chi connectivity index (χ1v) is 8.05. The van der Waals surface area contributed by atoms with Crippen molar-refractivity contribution in [2.75, 3.05) is 31.6 Å². The van der Waals surface area contributed by atoms with E-state index in [2.05, 4.69) is 15.5 Å². The van der Waals surface area contributed by atoms with Gasteiger partial charge in [-0.1, -0.05) is 6.42 Å². The number of amides is 2. The molecule has 0 aliphatic carbocycles. The summed E-state index contributed by atoms with van der Waals surface area (Å²) in [7, 11) is 0. The molecular weight excluding hydrogens is 323 g/mol. The first kappa shape index (κ1) is 18.5. The van der Waals surface area contributed by atoms with Gasteiger partial charge in [0, 0.05) is 31.3 Å². The molecule has 0 unspecified atom stereocenters. The van der Waals surface area contributed by atoms with Gasteiger partial charge in [0.1, 0.15) is 5.82 Å². The number of rotatable bonds is 6. The Hall–Kier alpha value is -1.80. The van der Waals surface area contributed by atoms with Gasteiger partial charge in [0.05, 0.1) is 12.3 Å². The molecule has 1 aromatic rings. The standard InChI is InChI=1S/C16H22F3N3O2/c17-11-8-13(18)15(19)14(9-11)21-16(24)20-5-3-7-22-6-2-1-4-12(22)10-23/h8-9,12,23H,1-7,10H2,(H2,20,21,24)/t12-/m1/s1. The number of aliphatic hydroxyl groups excluding tert-OH is 1. The van der Waals surface area contributed by atoms with E-state index in [4.69, 9.17) is 0 Å². The van der Waals surface area contributed by atoms with Crippen molar-refractivity contribution in [3.05, 3.63) is 29.6 Å². The number of carbonyl (C=O) groups is 1. The fourth-order valence-corrected chi connectivity index (χ4v) is 2.86. The molecule has 1 atom stereocenters. The number of anilines is 1. The van der Waals surface area contributed by atoms with Gasteiger partial charge in [0.25, 0.3) is 0 Å². The molecule has 134 valence electrons. The van der Waals surface area contributed by atoms with Gasteiger partial charge >= 0.3 is 6.03 Å². The Balaban J connectivity index is 1.74. The third-order valence-electron chi connectivity index (χ3n) is 4.11. The van der Waals surface area contributed by atoms with E-state index in [1.807, 2.05) is 0 Å². The zero-order valence-electron chi connectivity index (χ0n) is 13.3. The van der Waals surface area contributed by atoms with E-state index in [9.17, 15) is 23.1 Å². The van der Waals surface area contributed by atoms with Crippen LogP contribution in [-0.4, -0.2) is 48.3 Å². The van der Waals surface area contributed by atoms with Crippen molar-refractivity contribution < 1.29 is 23.1 Å². The molecule has 5 nitrogen and oxygen atoms in total. The van der Waals surface area contributed by atoms with Crippen LogP contribution in [-0.2, 0) is 0 Å². The van der Waals surface area contributed by atoms with Crippen molar-refractivity contribution in [2.45, 2.75) is 31.7 Å². The molecule has 1 aliphatic heterocycles. The van der Waals surface area contributed by atoms with Gasteiger partial charge in [0.15, 0.2) is 11.6 Å². The predicted molar refractivity (Wildman–Crippen MR) is 84.3 cm³/mol. The van der Waals surface area contributed by atoms with Gasteiger partial charge < -0.3 is 15.7 Å².